The van der Waals surface area contributed by atoms with E-state index in [9.17, 15) is 19.5 Å². The molecular formula is C22H23N7O5S. The van der Waals surface area contributed by atoms with E-state index < -0.39 is 23.9 Å². The van der Waals surface area contributed by atoms with Gasteiger partial charge in [-0.15, -0.1) is 11.8 Å². The maximum Gasteiger partial charge on any atom is 0.326 e. The summed E-state index contributed by atoms with van der Waals surface area (Å²) in [6.07, 6.45) is 3.01. The highest BCUT2D eigenvalue weighted by molar-refractivity contribution is 7.99. The first-order valence-electron chi connectivity index (χ1n) is 10.8. The number of hydrogen-bond acceptors (Lipinski definition) is 10. The van der Waals surface area contributed by atoms with Crippen molar-refractivity contribution in [1.29, 1.82) is 0 Å². The van der Waals surface area contributed by atoms with E-state index in [2.05, 4.69) is 30.2 Å². The van der Waals surface area contributed by atoms with Crippen LogP contribution < -0.4 is 16.0 Å². The molecule has 0 aliphatic carbocycles. The van der Waals surface area contributed by atoms with Crippen LogP contribution in [0.5, 0.6) is 0 Å². The van der Waals surface area contributed by atoms with Crippen LogP contribution in [0.25, 0.3) is 11.2 Å². The van der Waals surface area contributed by atoms with E-state index in [4.69, 9.17) is 10.8 Å². The molecule has 0 bridgehead atoms. The molecule has 5 N–H and O–H groups in total. The van der Waals surface area contributed by atoms with Crippen molar-refractivity contribution in [2.24, 2.45) is 0 Å². The number of carboxylic acids is 2. The number of nitrogens with zero attached hydrogens (tertiary/aromatic N) is 5. The molecule has 4 rings (SSSR count). The fraction of sp³-hybridized carbons (Fsp3) is 0.318. The molecule has 0 saturated carbocycles. The number of nitrogens with one attached hydrogen (secondary N) is 1. The van der Waals surface area contributed by atoms with Gasteiger partial charge in [0, 0.05) is 29.2 Å². The molecule has 1 aliphatic rings. The number of carbonyl (C=O) groups is 3. The van der Waals surface area contributed by atoms with Crippen LogP contribution in [0.1, 0.15) is 35.3 Å². The first-order chi connectivity index (χ1) is 16.8. The number of carbonyl (C=O) groups excluding carboxylic acids is 1. The Balaban J connectivity index is 1.48. The molecular weight excluding hydrogens is 474 g/mol. The average molecular weight is 498 g/mol. The summed E-state index contributed by atoms with van der Waals surface area (Å²) in [5, 5.41) is 20.6. The minimum Gasteiger partial charge on any atom is -0.481 e. The first-order valence-corrected chi connectivity index (χ1v) is 11.8. The zero-order valence-corrected chi connectivity index (χ0v) is 19.4. The summed E-state index contributed by atoms with van der Waals surface area (Å²) in [5.74, 6) is -1.69. The highest BCUT2D eigenvalue weighted by Crippen LogP contribution is 2.36. The molecule has 1 atom stereocenters. The zero-order valence-electron chi connectivity index (χ0n) is 18.5. The molecule has 1 amide bonds. The van der Waals surface area contributed by atoms with E-state index in [1.54, 1.807) is 30.1 Å². The van der Waals surface area contributed by atoms with E-state index in [0.717, 1.165) is 22.9 Å². The van der Waals surface area contributed by atoms with Crippen LogP contribution in [-0.4, -0.2) is 66.3 Å². The molecule has 1 aromatic carbocycles. The van der Waals surface area contributed by atoms with E-state index in [-0.39, 0.29) is 25.1 Å². The largest absolute Gasteiger partial charge is 0.481 e. The van der Waals surface area contributed by atoms with Gasteiger partial charge >= 0.3 is 11.9 Å². The second-order valence-corrected chi connectivity index (χ2v) is 9.03. The lowest BCUT2D eigenvalue weighted by molar-refractivity contribution is -0.140. The van der Waals surface area contributed by atoms with Gasteiger partial charge in [0.15, 0.2) is 17.0 Å². The number of fused-ring (bicyclic) bond motifs is 2. The summed E-state index contributed by atoms with van der Waals surface area (Å²) >= 11 is 1.60. The lowest BCUT2D eigenvalue weighted by Gasteiger charge is -2.31. The van der Waals surface area contributed by atoms with Gasteiger partial charge in [0.05, 0.1) is 24.1 Å². The number of thioether (sulfide) groups is 1. The Hall–Kier alpha value is -4.00. The van der Waals surface area contributed by atoms with E-state index in [1.165, 1.54) is 6.33 Å². The number of rotatable bonds is 9. The number of carboxylic acid groups (broad SMARTS) is 2. The van der Waals surface area contributed by atoms with Crippen LogP contribution in [0.4, 0.5) is 11.5 Å². The Bertz CT molecular complexity index is 1290. The van der Waals surface area contributed by atoms with Gasteiger partial charge in [-0.25, -0.2) is 24.7 Å². The smallest absolute Gasteiger partial charge is 0.326 e. The minimum atomic E-state index is -1.20. The molecule has 3 heterocycles. The van der Waals surface area contributed by atoms with Gasteiger partial charge < -0.3 is 26.2 Å². The van der Waals surface area contributed by atoms with Crippen molar-refractivity contribution in [2.75, 3.05) is 22.9 Å². The Kier molecular flexibility index (Phi) is 7.25. The molecule has 0 saturated heterocycles. The van der Waals surface area contributed by atoms with Gasteiger partial charge in [-0.1, -0.05) is 0 Å². The van der Waals surface area contributed by atoms with Gasteiger partial charge in [-0.05, 0) is 31.0 Å². The summed E-state index contributed by atoms with van der Waals surface area (Å²) in [6.45, 7) is 1.23. The maximum atomic E-state index is 12.7. The quantitative estimate of drug-likeness (QED) is 0.335. The summed E-state index contributed by atoms with van der Waals surface area (Å²) in [4.78, 5) is 54.8. The lowest BCUT2D eigenvalue weighted by Crippen LogP contribution is -2.40. The molecule has 35 heavy (non-hydrogen) atoms. The number of amides is 1. The number of aromatic nitrogens is 4. The van der Waals surface area contributed by atoms with Crippen molar-refractivity contribution < 1.29 is 24.6 Å². The summed E-state index contributed by atoms with van der Waals surface area (Å²) < 4.78 is 0. The average Bonchev–Trinajstić information content (AvgIpc) is 2.83. The van der Waals surface area contributed by atoms with E-state index in [0.29, 0.717) is 29.0 Å². The molecule has 0 radical (unpaired) electrons. The minimum absolute atomic E-state index is 0.0309. The number of nitrogen functional groups attached to an aromatic ring is 1. The van der Waals surface area contributed by atoms with Crippen LogP contribution in [0.3, 0.4) is 0 Å². The third kappa shape index (κ3) is 5.74. The van der Waals surface area contributed by atoms with E-state index >= 15 is 0 Å². The normalized spacial score (nSPS) is 13.8. The van der Waals surface area contributed by atoms with Gasteiger partial charge in [0.25, 0.3) is 5.91 Å². The van der Waals surface area contributed by atoms with Crippen molar-refractivity contribution in [2.45, 2.75) is 36.7 Å². The van der Waals surface area contributed by atoms with Crippen molar-refractivity contribution in [3.63, 3.8) is 0 Å². The molecule has 3 aromatic rings. The predicted molar refractivity (Wildman–Crippen MR) is 128 cm³/mol. The van der Waals surface area contributed by atoms with E-state index in [1.807, 2.05) is 6.07 Å². The highest BCUT2D eigenvalue weighted by atomic mass is 32.2. The Morgan fingerprint density at radius 3 is 2.80 bits per heavy atom. The van der Waals surface area contributed by atoms with Crippen LogP contribution in [-0.2, 0) is 16.1 Å². The second-order valence-electron chi connectivity index (χ2n) is 7.90. The summed E-state index contributed by atoms with van der Waals surface area (Å²) in [7, 11) is 0. The first kappa shape index (κ1) is 24.1. The third-order valence-electron chi connectivity index (χ3n) is 5.44. The standard InChI is InChI=1S/C22H23N7O5S/c23-19-18-20(26-11-25-19)24-9-13(27-18)10-29-6-7-35-16-8-12(4-5-15(16)29)21(32)28-14(22(33)34)2-1-3-17(30)31/h4-5,8-9,11,14H,1-3,6-7,10H2,(H,28,32)(H,30,31)(H,33,34)(H2,23,24,25,26)/t14-/m0/s1. The van der Waals surface area contributed by atoms with Crippen molar-refractivity contribution in [1.82, 2.24) is 25.3 Å². The Labute approximate surface area is 204 Å². The Morgan fingerprint density at radius 1 is 1.20 bits per heavy atom. The molecule has 2 aromatic heterocycles. The Morgan fingerprint density at radius 2 is 2.03 bits per heavy atom. The van der Waals surface area contributed by atoms with Gasteiger partial charge in [0.1, 0.15) is 12.4 Å². The highest BCUT2D eigenvalue weighted by Gasteiger charge is 2.23. The van der Waals surface area contributed by atoms with Crippen molar-refractivity contribution >= 4 is 52.3 Å². The second kappa shape index (κ2) is 10.5. The van der Waals surface area contributed by atoms with Crippen molar-refractivity contribution in [3.8, 4) is 0 Å². The third-order valence-corrected chi connectivity index (χ3v) is 6.47. The number of nitrogens with two attached hydrogens (primary N) is 1. The fourth-order valence-electron chi connectivity index (χ4n) is 3.70. The molecule has 1 aliphatic heterocycles. The number of benzene rings is 1. The molecule has 0 fully saturated rings. The molecule has 13 heteroatoms. The summed E-state index contributed by atoms with van der Waals surface area (Å²) in [6, 6.07) is 4.03. The molecule has 0 unspecified atom stereocenters. The van der Waals surface area contributed by atoms with Crippen LogP contribution in [0.15, 0.2) is 35.6 Å². The molecule has 12 nitrogen and oxygen atoms in total. The predicted octanol–water partition coefficient (Wildman–Crippen LogP) is 1.55. The van der Waals surface area contributed by atoms with Gasteiger partial charge in [-0.3, -0.25) is 9.59 Å². The van der Waals surface area contributed by atoms with Crippen LogP contribution in [0.2, 0.25) is 0 Å². The summed E-state index contributed by atoms with van der Waals surface area (Å²) in [5.41, 5.74) is 8.73. The SMILES string of the molecule is Nc1ncnc2ncc(CN3CCSc4cc(C(=O)N[C@@H](CCCC(=O)O)C(=O)O)ccc43)nc12. The van der Waals surface area contributed by atoms with Gasteiger partial charge in [0.2, 0.25) is 0 Å². The topological polar surface area (TPSA) is 185 Å². The number of aliphatic carboxylic acids is 2. The maximum absolute atomic E-state index is 12.7. The van der Waals surface area contributed by atoms with Crippen LogP contribution >= 0.6 is 11.8 Å². The molecule has 0 spiro atoms. The molecule has 182 valence electrons. The van der Waals surface area contributed by atoms with Crippen LogP contribution in [0, 0.1) is 0 Å². The fourth-order valence-corrected chi connectivity index (χ4v) is 4.79. The monoisotopic (exact) mass is 497 g/mol. The number of hydrogen-bond donors (Lipinski definition) is 4. The lowest BCUT2D eigenvalue weighted by atomic mass is 10.1. The zero-order chi connectivity index (χ0) is 24.9. The van der Waals surface area contributed by atoms with Gasteiger partial charge in [-0.2, -0.15) is 0 Å². The van der Waals surface area contributed by atoms with Crippen molar-refractivity contribution in [3.05, 3.63) is 42.0 Å². The number of anilines is 2.